The lowest BCUT2D eigenvalue weighted by molar-refractivity contribution is -0.126. The van der Waals surface area contributed by atoms with Crippen molar-refractivity contribution in [1.82, 2.24) is 0 Å². The zero-order valence-corrected chi connectivity index (χ0v) is 14.6. The lowest BCUT2D eigenvalue weighted by Crippen LogP contribution is -2.63. The molecule has 6 heteroatoms. The fraction of sp³-hybridized carbons (Fsp3) is 0.316. The Balaban J connectivity index is 1.91. The number of amides is 1. The summed E-state index contributed by atoms with van der Waals surface area (Å²) in [6.07, 6.45) is 0. The molecule has 1 fully saturated rings. The van der Waals surface area contributed by atoms with Crippen LogP contribution in [-0.4, -0.2) is 32.8 Å². The second kappa shape index (κ2) is 7.03. The van der Waals surface area contributed by atoms with Crippen molar-refractivity contribution in [2.24, 2.45) is 5.73 Å². The van der Waals surface area contributed by atoms with E-state index in [9.17, 15) is 4.79 Å². The predicted octanol–water partition coefficient (Wildman–Crippen LogP) is 2.52. The number of methoxy groups -OCH3 is 2. The molecule has 2 aromatic carbocycles. The Morgan fingerprint density at radius 3 is 2.32 bits per heavy atom. The van der Waals surface area contributed by atoms with Crippen molar-refractivity contribution >= 4 is 11.6 Å². The normalized spacial score (nSPS) is 19.4. The van der Waals surface area contributed by atoms with Crippen LogP contribution in [0.3, 0.4) is 0 Å². The van der Waals surface area contributed by atoms with Crippen LogP contribution in [0.2, 0.25) is 0 Å². The minimum absolute atomic E-state index is 0.107. The molecule has 0 spiro atoms. The number of rotatable bonds is 6. The standard InChI is InChI=1S/C19H22N2O4/c1-4-25-14-8-6-13(7-9-14)21-18(17(20)19(21)22)12-5-10-15(23-2)16(11-12)24-3/h5-11,17-18H,4,20H2,1-3H3. The number of β-lactam (4-membered cyclic amide) rings is 1. The van der Waals surface area contributed by atoms with Gasteiger partial charge in [0.05, 0.1) is 26.9 Å². The van der Waals surface area contributed by atoms with E-state index in [4.69, 9.17) is 19.9 Å². The molecule has 1 amide bonds. The molecule has 132 valence electrons. The van der Waals surface area contributed by atoms with Crippen LogP contribution in [0, 0.1) is 0 Å². The van der Waals surface area contributed by atoms with Crippen LogP contribution in [0.5, 0.6) is 17.2 Å². The number of carbonyl (C=O) groups excluding carboxylic acids is 1. The van der Waals surface area contributed by atoms with Gasteiger partial charge in [0.25, 0.3) is 0 Å². The molecule has 2 atom stereocenters. The van der Waals surface area contributed by atoms with Gasteiger partial charge in [-0.05, 0) is 48.9 Å². The van der Waals surface area contributed by atoms with E-state index in [1.807, 2.05) is 49.4 Å². The molecule has 2 N–H and O–H groups in total. The van der Waals surface area contributed by atoms with Gasteiger partial charge in [0, 0.05) is 5.69 Å². The average Bonchev–Trinajstić information content (AvgIpc) is 2.66. The second-order valence-electron chi connectivity index (χ2n) is 5.72. The zero-order chi connectivity index (χ0) is 18.0. The van der Waals surface area contributed by atoms with E-state index in [1.54, 1.807) is 19.1 Å². The number of hydrogen-bond acceptors (Lipinski definition) is 5. The monoisotopic (exact) mass is 342 g/mol. The highest BCUT2D eigenvalue weighted by Gasteiger charge is 2.46. The Hall–Kier alpha value is -2.73. The van der Waals surface area contributed by atoms with Crippen molar-refractivity contribution in [3.05, 3.63) is 48.0 Å². The maximum absolute atomic E-state index is 12.3. The summed E-state index contributed by atoms with van der Waals surface area (Å²) in [5.74, 6) is 1.91. The number of benzene rings is 2. The molecule has 2 unspecified atom stereocenters. The maximum Gasteiger partial charge on any atom is 0.247 e. The first-order valence-electron chi connectivity index (χ1n) is 8.14. The molecule has 0 aliphatic carbocycles. The minimum Gasteiger partial charge on any atom is -0.494 e. The summed E-state index contributed by atoms with van der Waals surface area (Å²) in [4.78, 5) is 14.0. The van der Waals surface area contributed by atoms with Gasteiger partial charge in [-0.2, -0.15) is 0 Å². The van der Waals surface area contributed by atoms with E-state index >= 15 is 0 Å². The summed E-state index contributed by atoms with van der Waals surface area (Å²) in [7, 11) is 3.17. The number of ether oxygens (including phenoxy) is 3. The van der Waals surface area contributed by atoms with Crippen molar-refractivity contribution in [1.29, 1.82) is 0 Å². The van der Waals surface area contributed by atoms with Crippen LogP contribution < -0.4 is 24.8 Å². The molecule has 1 heterocycles. The van der Waals surface area contributed by atoms with Crippen LogP contribution in [0.4, 0.5) is 5.69 Å². The number of nitrogens with two attached hydrogens (primary N) is 1. The summed E-state index contributed by atoms with van der Waals surface area (Å²) in [6.45, 7) is 2.53. The first kappa shape index (κ1) is 17.1. The van der Waals surface area contributed by atoms with Crippen LogP contribution in [0.1, 0.15) is 18.5 Å². The van der Waals surface area contributed by atoms with E-state index in [0.29, 0.717) is 18.1 Å². The largest absolute Gasteiger partial charge is 0.494 e. The summed E-state index contributed by atoms with van der Waals surface area (Å²) >= 11 is 0. The van der Waals surface area contributed by atoms with Gasteiger partial charge >= 0.3 is 0 Å². The Bertz CT molecular complexity index is 761. The van der Waals surface area contributed by atoms with Gasteiger partial charge < -0.3 is 24.8 Å². The van der Waals surface area contributed by atoms with E-state index in [2.05, 4.69) is 0 Å². The number of carbonyl (C=O) groups is 1. The molecular weight excluding hydrogens is 320 g/mol. The van der Waals surface area contributed by atoms with Gasteiger partial charge in [0.2, 0.25) is 5.91 Å². The molecular formula is C19H22N2O4. The molecule has 0 bridgehead atoms. The zero-order valence-electron chi connectivity index (χ0n) is 14.6. The van der Waals surface area contributed by atoms with Crippen LogP contribution in [0.25, 0.3) is 0 Å². The fourth-order valence-corrected chi connectivity index (χ4v) is 3.06. The van der Waals surface area contributed by atoms with Gasteiger partial charge in [-0.15, -0.1) is 0 Å². The third-order valence-corrected chi connectivity index (χ3v) is 4.32. The third-order valence-electron chi connectivity index (χ3n) is 4.32. The molecule has 0 aromatic heterocycles. The summed E-state index contributed by atoms with van der Waals surface area (Å²) < 4.78 is 16.1. The molecule has 1 saturated heterocycles. The topological polar surface area (TPSA) is 74.0 Å². The highest BCUT2D eigenvalue weighted by atomic mass is 16.5. The minimum atomic E-state index is -0.579. The van der Waals surface area contributed by atoms with Crippen molar-refractivity contribution < 1.29 is 19.0 Å². The molecule has 0 radical (unpaired) electrons. The van der Waals surface area contributed by atoms with Crippen molar-refractivity contribution in [3.8, 4) is 17.2 Å². The molecule has 25 heavy (non-hydrogen) atoms. The smallest absolute Gasteiger partial charge is 0.247 e. The van der Waals surface area contributed by atoms with Gasteiger partial charge in [-0.1, -0.05) is 6.07 Å². The number of nitrogens with zero attached hydrogens (tertiary/aromatic N) is 1. The van der Waals surface area contributed by atoms with Crippen LogP contribution in [0.15, 0.2) is 42.5 Å². The number of hydrogen-bond donors (Lipinski definition) is 1. The third kappa shape index (κ3) is 3.00. The fourth-order valence-electron chi connectivity index (χ4n) is 3.06. The van der Waals surface area contributed by atoms with Gasteiger partial charge in [0.1, 0.15) is 11.8 Å². The molecule has 3 rings (SSSR count). The van der Waals surface area contributed by atoms with E-state index in [0.717, 1.165) is 17.0 Å². The lowest BCUT2D eigenvalue weighted by atomic mass is 9.88. The Kier molecular flexibility index (Phi) is 4.81. The second-order valence-corrected chi connectivity index (χ2v) is 5.72. The Labute approximate surface area is 147 Å². The van der Waals surface area contributed by atoms with E-state index in [1.165, 1.54) is 0 Å². The summed E-state index contributed by atoms with van der Waals surface area (Å²) in [6, 6.07) is 12.2. The van der Waals surface area contributed by atoms with Gasteiger partial charge in [-0.3, -0.25) is 4.79 Å². The van der Waals surface area contributed by atoms with Gasteiger partial charge in [0.15, 0.2) is 11.5 Å². The first-order valence-corrected chi connectivity index (χ1v) is 8.14. The van der Waals surface area contributed by atoms with E-state index in [-0.39, 0.29) is 11.9 Å². The Morgan fingerprint density at radius 1 is 1.04 bits per heavy atom. The molecule has 6 nitrogen and oxygen atoms in total. The van der Waals surface area contributed by atoms with Crippen LogP contribution >= 0.6 is 0 Å². The highest BCUT2D eigenvalue weighted by molar-refractivity contribution is 6.05. The summed E-state index contributed by atoms with van der Waals surface area (Å²) in [5, 5.41) is 0. The van der Waals surface area contributed by atoms with Crippen LogP contribution in [-0.2, 0) is 4.79 Å². The molecule has 0 saturated carbocycles. The molecule has 1 aliphatic rings. The molecule has 2 aromatic rings. The average molecular weight is 342 g/mol. The number of anilines is 1. The Morgan fingerprint density at radius 2 is 1.72 bits per heavy atom. The lowest BCUT2D eigenvalue weighted by Gasteiger charge is -2.45. The quantitative estimate of drug-likeness (QED) is 0.817. The van der Waals surface area contributed by atoms with Crippen molar-refractivity contribution in [3.63, 3.8) is 0 Å². The summed E-state index contributed by atoms with van der Waals surface area (Å²) in [5.41, 5.74) is 7.77. The van der Waals surface area contributed by atoms with Crippen molar-refractivity contribution in [2.75, 3.05) is 25.7 Å². The first-order chi connectivity index (χ1) is 12.1. The van der Waals surface area contributed by atoms with Crippen molar-refractivity contribution in [2.45, 2.75) is 19.0 Å². The van der Waals surface area contributed by atoms with E-state index < -0.39 is 6.04 Å². The predicted molar refractivity (Wildman–Crippen MR) is 95.4 cm³/mol. The van der Waals surface area contributed by atoms with Gasteiger partial charge in [-0.25, -0.2) is 0 Å². The maximum atomic E-state index is 12.3. The highest BCUT2D eigenvalue weighted by Crippen LogP contribution is 2.41. The SMILES string of the molecule is CCOc1ccc(N2C(=O)C(N)C2c2ccc(OC)c(OC)c2)cc1. The molecule has 1 aliphatic heterocycles.